The molecule has 156 valence electrons. The molecule has 0 atom stereocenters. The zero-order chi connectivity index (χ0) is 21.1. The molecule has 0 bridgehead atoms. The lowest BCUT2D eigenvalue weighted by molar-refractivity contribution is -0.124. The lowest BCUT2D eigenvalue weighted by Crippen LogP contribution is -2.28. The van der Waals surface area contributed by atoms with Crippen LogP contribution < -0.4 is 14.8 Å². The van der Waals surface area contributed by atoms with Crippen LogP contribution in [0.1, 0.15) is 42.6 Å². The standard InChI is InChI=1S/C22H26FNO5/c1-3-5-12-28-19-11-10-16(13-20(19)27-4-2)22(26)29-15-21(25)24-14-17-8-6-7-9-18(17)23/h6-11,13H,3-5,12,14-15H2,1-2H3,(H,24,25). The first-order valence-corrected chi connectivity index (χ1v) is 9.62. The predicted octanol–water partition coefficient (Wildman–Crippen LogP) is 3.88. The molecule has 2 rings (SSSR count). The Morgan fingerprint density at radius 2 is 1.83 bits per heavy atom. The van der Waals surface area contributed by atoms with Crippen LogP contribution in [0.2, 0.25) is 0 Å². The molecule has 0 spiro atoms. The van der Waals surface area contributed by atoms with E-state index >= 15 is 0 Å². The molecule has 0 aliphatic heterocycles. The van der Waals surface area contributed by atoms with E-state index in [1.165, 1.54) is 12.1 Å². The molecule has 0 saturated carbocycles. The van der Waals surface area contributed by atoms with Crippen LogP contribution in [0.5, 0.6) is 11.5 Å². The van der Waals surface area contributed by atoms with Crippen LogP contribution in [0.25, 0.3) is 0 Å². The number of rotatable bonds is 11. The van der Waals surface area contributed by atoms with Crippen molar-refractivity contribution in [3.8, 4) is 11.5 Å². The number of amides is 1. The average molecular weight is 403 g/mol. The number of hydrogen-bond donors (Lipinski definition) is 1. The summed E-state index contributed by atoms with van der Waals surface area (Å²) in [5, 5.41) is 2.52. The van der Waals surface area contributed by atoms with Crippen LogP contribution in [0.15, 0.2) is 42.5 Å². The Labute approximate surface area is 170 Å². The third-order valence-electron chi connectivity index (χ3n) is 4.00. The Morgan fingerprint density at radius 3 is 2.55 bits per heavy atom. The van der Waals surface area contributed by atoms with E-state index < -0.39 is 24.3 Å². The van der Waals surface area contributed by atoms with Crippen molar-refractivity contribution < 1.29 is 28.2 Å². The molecule has 0 fully saturated rings. The second kappa shape index (κ2) is 11.7. The molecule has 29 heavy (non-hydrogen) atoms. The molecule has 0 aliphatic rings. The number of hydrogen-bond acceptors (Lipinski definition) is 5. The molecule has 1 N–H and O–H groups in total. The first-order valence-electron chi connectivity index (χ1n) is 9.62. The van der Waals surface area contributed by atoms with Gasteiger partial charge in [-0.15, -0.1) is 0 Å². The fourth-order valence-corrected chi connectivity index (χ4v) is 2.45. The second-order valence-electron chi connectivity index (χ2n) is 6.24. The molecule has 0 aromatic heterocycles. The molecule has 1 amide bonds. The number of carbonyl (C=O) groups is 2. The van der Waals surface area contributed by atoms with Gasteiger partial charge in [-0.25, -0.2) is 9.18 Å². The van der Waals surface area contributed by atoms with Crippen molar-refractivity contribution in [2.75, 3.05) is 19.8 Å². The molecule has 0 aliphatic carbocycles. The molecule has 6 nitrogen and oxygen atoms in total. The number of unbranched alkanes of at least 4 members (excludes halogenated alkanes) is 1. The Balaban J connectivity index is 1.89. The third kappa shape index (κ3) is 7.10. The summed E-state index contributed by atoms with van der Waals surface area (Å²) in [4.78, 5) is 24.1. The average Bonchev–Trinajstić information content (AvgIpc) is 2.72. The van der Waals surface area contributed by atoms with Gasteiger partial charge >= 0.3 is 5.97 Å². The quantitative estimate of drug-likeness (QED) is 0.455. The Morgan fingerprint density at radius 1 is 1.03 bits per heavy atom. The molecule has 0 saturated heterocycles. The summed E-state index contributed by atoms with van der Waals surface area (Å²) in [6.45, 7) is 4.43. The minimum atomic E-state index is -0.660. The van der Waals surface area contributed by atoms with Crippen molar-refractivity contribution >= 4 is 11.9 Å². The zero-order valence-corrected chi connectivity index (χ0v) is 16.7. The number of halogens is 1. The summed E-state index contributed by atoms with van der Waals surface area (Å²) in [5.74, 6) is -0.589. The minimum absolute atomic E-state index is 0.0152. The maximum Gasteiger partial charge on any atom is 0.338 e. The predicted molar refractivity (Wildman–Crippen MR) is 107 cm³/mol. The molecule has 0 unspecified atom stereocenters. The lowest BCUT2D eigenvalue weighted by atomic mass is 10.2. The molecule has 2 aromatic rings. The molecule has 7 heteroatoms. The van der Waals surface area contributed by atoms with E-state index in [-0.39, 0.29) is 12.1 Å². The number of nitrogens with one attached hydrogen (secondary N) is 1. The fourth-order valence-electron chi connectivity index (χ4n) is 2.45. The minimum Gasteiger partial charge on any atom is -0.490 e. The third-order valence-corrected chi connectivity index (χ3v) is 4.00. The van der Waals surface area contributed by atoms with Crippen LogP contribution in [0.4, 0.5) is 4.39 Å². The highest BCUT2D eigenvalue weighted by Gasteiger charge is 2.14. The van der Waals surface area contributed by atoms with Gasteiger partial charge in [0.15, 0.2) is 18.1 Å². The van der Waals surface area contributed by atoms with Gasteiger partial charge in [0.2, 0.25) is 0 Å². The van der Waals surface area contributed by atoms with Crippen LogP contribution in [0.3, 0.4) is 0 Å². The normalized spacial score (nSPS) is 10.3. The summed E-state index contributed by atoms with van der Waals surface area (Å²) in [6.07, 6.45) is 1.92. The highest BCUT2D eigenvalue weighted by atomic mass is 19.1. The maximum absolute atomic E-state index is 13.5. The molecule has 0 radical (unpaired) electrons. The number of carbonyl (C=O) groups excluding carboxylic acids is 2. The summed E-state index contributed by atoms with van der Waals surface area (Å²) in [5.41, 5.74) is 0.602. The van der Waals surface area contributed by atoms with Crippen LogP contribution in [-0.4, -0.2) is 31.7 Å². The van der Waals surface area contributed by atoms with E-state index in [4.69, 9.17) is 14.2 Å². The Bertz CT molecular complexity index is 825. The highest BCUT2D eigenvalue weighted by Crippen LogP contribution is 2.29. The van der Waals surface area contributed by atoms with Gasteiger partial charge in [-0.1, -0.05) is 31.5 Å². The monoisotopic (exact) mass is 403 g/mol. The summed E-state index contributed by atoms with van der Waals surface area (Å²) >= 11 is 0. The number of esters is 1. The fraction of sp³-hybridized carbons (Fsp3) is 0.364. The van der Waals surface area contributed by atoms with Gasteiger partial charge in [-0.3, -0.25) is 4.79 Å². The van der Waals surface area contributed by atoms with Gasteiger partial charge in [-0.05, 0) is 37.6 Å². The van der Waals surface area contributed by atoms with Crippen molar-refractivity contribution in [1.82, 2.24) is 5.32 Å². The zero-order valence-electron chi connectivity index (χ0n) is 16.7. The first-order chi connectivity index (χ1) is 14.0. The van der Waals surface area contributed by atoms with E-state index in [2.05, 4.69) is 12.2 Å². The van der Waals surface area contributed by atoms with E-state index in [1.54, 1.807) is 30.3 Å². The highest BCUT2D eigenvalue weighted by molar-refractivity contribution is 5.92. The van der Waals surface area contributed by atoms with Crippen LogP contribution >= 0.6 is 0 Å². The van der Waals surface area contributed by atoms with Crippen molar-refractivity contribution in [3.63, 3.8) is 0 Å². The molecular formula is C22H26FNO5. The largest absolute Gasteiger partial charge is 0.490 e. The van der Waals surface area contributed by atoms with Crippen molar-refractivity contribution in [3.05, 3.63) is 59.4 Å². The van der Waals surface area contributed by atoms with E-state index in [0.717, 1.165) is 12.8 Å². The van der Waals surface area contributed by atoms with Gasteiger partial charge in [0.25, 0.3) is 5.91 Å². The van der Waals surface area contributed by atoms with Gasteiger partial charge in [0, 0.05) is 12.1 Å². The summed E-state index contributed by atoms with van der Waals surface area (Å²) < 4.78 is 29.8. The smallest absolute Gasteiger partial charge is 0.338 e. The number of ether oxygens (including phenoxy) is 3. The number of benzene rings is 2. The van der Waals surface area contributed by atoms with E-state index in [9.17, 15) is 14.0 Å². The van der Waals surface area contributed by atoms with Gasteiger partial charge in [-0.2, -0.15) is 0 Å². The second-order valence-corrected chi connectivity index (χ2v) is 6.24. The van der Waals surface area contributed by atoms with Crippen molar-refractivity contribution in [2.24, 2.45) is 0 Å². The Hall–Kier alpha value is -3.09. The summed E-state index contributed by atoms with van der Waals surface area (Å²) in [6, 6.07) is 10.9. The van der Waals surface area contributed by atoms with E-state index in [1.807, 2.05) is 6.92 Å². The lowest BCUT2D eigenvalue weighted by Gasteiger charge is -2.13. The summed E-state index contributed by atoms with van der Waals surface area (Å²) in [7, 11) is 0. The first kappa shape index (κ1) is 22.2. The van der Waals surface area contributed by atoms with E-state index in [0.29, 0.717) is 30.3 Å². The molecule has 2 aromatic carbocycles. The van der Waals surface area contributed by atoms with Gasteiger partial charge in [0.05, 0.1) is 18.8 Å². The van der Waals surface area contributed by atoms with Crippen LogP contribution in [0, 0.1) is 5.82 Å². The SMILES string of the molecule is CCCCOc1ccc(C(=O)OCC(=O)NCc2ccccc2F)cc1OCC. The van der Waals surface area contributed by atoms with Gasteiger partial charge < -0.3 is 19.5 Å². The Kier molecular flexibility index (Phi) is 8.95. The van der Waals surface area contributed by atoms with Crippen molar-refractivity contribution in [2.45, 2.75) is 33.2 Å². The van der Waals surface area contributed by atoms with Crippen LogP contribution in [-0.2, 0) is 16.1 Å². The topological polar surface area (TPSA) is 73.9 Å². The molecular weight excluding hydrogens is 377 g/mol. The van der Waals surface area contributed by atoms with Gasteiger partial charge in [0.1, 0.15) is 5.82 Å². The van der Waals surface area contributed by atoms with Crippen molar-refractivity contribution in [1.29, 1.82) is 0 Å². The maximum atomic E-state index is 13.5. The molecule has 0 heterocycles.